The summed E-state index contributed by atoms with van der Waals surface area (Å²) < 4.78 is 28.2. The average Bonchev–Trinajstić information content (AvgIpc) is 3.30. The van der Waals surface area contributed by atoms with Crippen LogP contribution in [0.4, 0.5) is 5.69 Å². The second kappa shape index (κ2) is 11.9. The Morgan fingerprint density at radius 1 is 1.09 bits per heavy atom. The van der Waals surface area contributed by atoms with Crippen LogP contribution in [0.5, 0.6) is 0 Å². The topological polar surface area (TPSA) is 86.8 Å². The molecular weight excluding hydrogens is 598 g/mol. The summed E-state index contributed by atoms with van der Waals surface area (Å²) in [6, 6.07) is 12.0. The zero-order chi connectivity index (χ0) is 25.8. The van der Waals surface area contributed by atoms with Crippen molar-refractivity contribution in [3.8, 4) is 0 Å². The minimum atomic E-state index is -3.76. The van der Waals surface area contributed by atoms with Crippen LogP contribution in [-0.2, 0) is 26.2 Å². The van der Waals surface area contributed by atoms with Crippen molar-refractivity contribution in [1.29, 1.82) is 0 Å². The zero-order valence-corrected chi connectivity index (χ0v) is 24.1. The highest BCUT2D eigenvalue weighted by Gasteiger charge is 2.31. The molecule has 0 bridgehead atoms. The van der Waals surface area contributed by atoms with E-state index in [0.29, 0.717) is 5.69 Å². The fourth-order valence-electron chi connectivity index (χ4n) is 4.16. The molecule has 0 unspecified atom stereocenters. The van der Waals surface area contributed by atoms with Gasteiger partial charge in [-0.2, -0.15) is 0 Å². The van der Waals surface area contributed by atoms with Crippen molar-refractivity contribution < 1.29 is 18.0 Å². The van der Waals surface area contributed by atoms with E-state index >= 15 is 0 Å². The van der Waals surface area contributed by atoms with Crippen molar-refractivity contribution >= 4 is 59.4 Å². The maximum absolute atomic E-state index is 13.6. The highest BCUT2D eigenvalue weighted by molar-refractivity contribution is 9.10. The van der Waals surface area contributed by atoms with Gasteiger partial charge in [0.1, 0.15) is 12.6 Å². The molecule has 1 N–H and O–H groups in total. The fraction of sp³-hybridized carbons (Fsp3) is 0.440. The van der Waals surface area contributed by atoms with Crippen molar-refractivity contribution in [3.63, 3.8) is 0 Å². The normalized spacial score (nSPS) is 15.0. The van der Waals surface area contributed by atoms with Gasteiger partial charge in [0.2, 0.25) is 21.8 Å². The average molecular weight is 629 g/mol. The summed E-state index contributed by atoms with van der Waals surface area (Å²) >= 11 is 6.84. The maximum Gasteiger partial charge on any atom is 0.244 e. The summed E-state index contributed by atoms with van der Waals surface area (Å²) in [5.41, 5.74) is 2.08. The number of rotatable bonds is 9. The molecule has 0 saturated heterocycles. The number of benzene rings is 2. The molecule has 0 spiro atoms. The number of amides is 2. The van der Waals surface area contributed by atoms with Gasteiger partial charge >= 0.3 is 0 Å². The zero-order valence-electron chi connectivity index (χ0n) is 20.1. The number of carbonyl (C=O) groups excluding carboxylic acids is 2. The predicted octanol–water partition coefficient (Wildman–Crippen LogP) is 4.76. The first-order valence-electron chi connectivity index (χ1n) is 11.5. The molecule has 35 heavy (non-hydrogen) atoms. The highest BCUT2D eigenvalue weighted by atomic mass is 79.9. The molecule has 3 rings (SSSR count). The Balaban J connectivity index is 1.88. The van der Waals surface area contributed by atoms with Gasteiger partial charge in [-0.25, -0.2) is 8.42 Å². The fourth-order valence-corrected chi connectivity index (χ4v) is 5.51. The van der Waals surface area contributed by atoms with E-state index in [1.807, 2.05) is 31.2 Å². The van der Waals surface area contributed by atoms with Gasteiger partial charge in [0.05, 0.1) is 11.9 Å². The van der Waals surface area contributed by atoms with Gasteiger partial charge in [-0.15, -0.1) is 0 Å². The molecule has 1 aliphatic rings. The molecule has 0 aromatic heterocycles. The van der Waals surface area contributed by atoms with Gasteiger partial charge in [-0.3, -0.25) is 13.9 Å². The highest BCUT2D eigenvalue weighted by Crippen LogP contribution is 2.25. The van der Waals surface area contributed by atoms with Crippen molar-refractivity contribution in [2.45, 2.75) is 58.2 Å². The first-order valence-corrected chi connectivity index (χ1v) is 15.0. The molecule has 10 heteroatoms. The second-order valence-electron chi connectivity index (χ2n) is 9.02. The Morgan fingerprint density at radius 2 is 1.71 bits per heavy atom. The van der Waals surface area contributed by atoms with Crippen molar-refractivity contribution in [2.24, 2.45) is 0 Å². The Kier molecular flexibility index (Phi) is 9.40. The molecule has 0 heterocycles. The molecule has 1 fully saturated rings. The number of nitrogens with one attached hydrogen (secondary N) is 1. The number of anilines is 1. The van der Waals surface area contributed by atoms with Crippen LogP contribution >= 0.6 is 31.9 Å². The summed E-state index contributed by atoms with van der Waals surface area (Å²) in [6.07, 6.45) is 5.11. The summed E-state index contributed by atoms with van der Waals surface area (Å²) in [6.45, 7) is 3.32. The predicted molar refractivity (Wildman–Crippen MR) is 146 cm³/mol. The lowest BCUT2D eigenvalue weighted by molar-refractivity contribution is -0.139. The van der Waals surface area contributed by atoms with Crippen molar-refractivity contribution in [2.75, 3.05) is 17.1 Å². The Bertz CT molecular complexity index is 1170. The van der Waals surface area contributed by atoms with Crippen LogP contribution in [0.1, 0.15) is 43.7 Å². The number of sulfonamides is 1. The Hall–Kier alpha value is -1.91. The van der Waals surface area contributed by atoms with Gasteiger partial charge < -0.3 is 10.2 Å². The first-order chi connectivity index (χ1) is 16.5. The molecule has 0 aliphatic heterocycles. The first kappa shape index (κ1) is 27.7. The molecule has 190 valence electrons. The van der Waals surface area contributed by atoms with Gasteiger partial charge in [0.15, 0.2) is 0 Å². The molecular formula is C25H31Br2N3O4S. The number of aryl methyl sites for hydroxylation is 1. The number of carbonyl (C=O) groups is 2. The van der Waals surface area contributed by atoms with Crippen LogP contribution in [0.25, 0.3) is 0 Å². The molecule has 1 aliphatic carbocycles. The van der Waals surface area contributed by atoms with Crippen molar-refractivity contribution in [1.82, 2.24) is 10.2 Å². The quantitative estimate of drug-likeness (QED) is 0.434. The summed E-state index contributed by atoms with van der Waals surface area (Å²) in [5, 5.41) is 3.06. The standard InChI is InChI=1S/C25H31Br2N3O4S/c1-17-14-22(12-13-23(17)27)30(35(3,33)34)16-24(31)29(15-19-8-10-20(26)11-9-19)18(2)25(32)28-21-6-4-5-7-21/h8-14,18,21H,4-7,15-16H2,1-3H3,(H,28,32)/t18-/m0/s1. The van der Waals surface area contributed by atoms with Crippen LogP contribution < -0.4 is 9.62 Å². The van der Waals surface area contributed by atoms with Gasteiger partial charge in [0, 0.05) is 21.5 Å². The van der Waals surface area contributed by atoms with Gasteiger partial charge in [0.25, 0.3) is 0 Å². The smallest absolute Gasteiger partial charge is 0.244 e. The van der Waals surface area contributed by atoms with Crippen molar-refractivity contribution in [3.05, 3.63) is 62.5 Å². The summed E-state index contributed by atoms with van der Waals surface area (Å²) in [5.74, 6) is -0.680. The minimum absolute atomic E-state index is 0.118. The van der Waals surface area contributed by atoms with Crippen LogP contribution in [0, 0.1) is 6.92 Å². The molecule has 7 nitrogen and oxygen atoms in total. The largest absolute Gasteiger partial charge is 0.352 e. The lowest BCUT2D eigenvalue weighted by Gasteiger charge is -2.32. The third kappa shape index (κ3) is 7.54. The van der Waals surface area contributed by atoms with Crippen LogP contribution in [-0.4, -0.2) is 50.0 Å². The van der Waals surface area contributed by atoms with Crippen LogP contribution in [0.2, 0.25) is 0 Å². The van der Waals surface area contributed by atoms with E-state index in [9.17, 15) is 18.0 Å². The summed E-state index contributed by atoms with van der Waals surface area (Å²) in [4.78, 5) is 28.1. The number of hydrogen-bond donors (Lipinski definition) is 1. The van der Waals surface area contributed by atoms with E-state index in [4.69, 9.17) is 0 Å². The molecule has 1 saturated carbocycles. The summed E-state index contributed by atoms with van der Waals surface area (Å²) in [7, 11) is -3.76. The van der Waals surface area contributed by atoms with E-state index in [-0.39, 0.29) is 18.5 Å². The third-order valence-electron chi connectivity index (χ3n) is 6.24. The third-order valence-corrected chi connectivity index (χ3v) is 8.80. The number of nitrogens with zero attached hydrogens (tertiary/aromatic N) is 2. The maximum atomic E-state index is 13.6. The molecule has 1 atom stereocenters. The number of halogens is 2. The SMILES string of the molecule is Cc1cc(N(CC(=O)N(Cc2ccc(Br)cc2)[C@@H](C)C(=O)NC2CCCC2)S(C)(=O)=O)ccc1Br. The lowest BCUT2D eigenvalue weighted by Crippen LogP contribution is -2.52. The van der Waals surface area contributed by atoms with E-state index in [2.05, 4.69) is 37.2 Å². The molecule has 2 amide bonds. The lowest BCUT2D eigenvalue weighted by atomic mass is 10.1. The molecule has 2 aromatic carbocycles. The second-order valence-corrected chi connectivity index (χ2v) is 12.7. The monoisotopic (exact) mass is 627 g/mol. The number of hydrogen-bond acceptors (Lipinski definition) is 4. The molecule has 0 radical (unpaired) electrons. The molecule has 2 aromatic rings. The van der Waals surface area contributed by atoms with E-state index in [0.717, 1.165) is 56.3 Å². The Labute approximate surface area is 224 Å². The van der Waals surface area contributed by atoms with Gasteiger partial charge in [-0.05, 0) is 68.1 Å². The van der Waals surface area contributed by atoms with E-state index in [1.165, 1.54) is 4.90 Å². The van der Waals surface area contributed by atoms with Crippen LogP contribution in [0.3, 0.4) is 0 Å². The van der Waals surface area contributed by atoms with E-state index in [1.54, 1.807) is 25.1 Å². The minimum Gasteiger partial charge on any atom is -0.352 e. The van der Waals surface area contributed by atoms with E-state index < -0.39 is 28.5 Å². The Morgan fingerprint density at radius 3 is 2.29 bits per heavy atom. The van der Waals surface area contributed by atoms with Crippen LogP contribution in [0.15, 0.2) is 51.4 Å². The van der Waals surface area contributed by atoms with Gasteiger partial charge in [-0.1, -0.05) is 56.8 Å².